The van der Waals surface area contributed by atoms with Gasteiger partial charge in [-0.2, -0.15) is 0 Å². The molecule has 0 fully saturated rings. The van der Waals surface area contributed by atoms with Crippen molar-refractivity contribution in [1.82, 2.24) is 5.32 Å². The van der Waals surface area contributed by atoms with Gasteiger partial charge in [0.05, 0.1) is 0 Å². The van der Waals surface area contributed by atoms with Gasteiger partial charge in [-0.1, -0.05) is 41.9 Å². The Morgan fingerprint density at radius 3 is 2.11 bits per heavy atom. The van der Waals surface area contributed by atoms with Crippen LogP contribution in [0.5, 0.6) is 0 Å². The lowest BCUT2D eigenvalue weighted by Crippen LogP contribution is -2.12. The third-order valence-electron chi connectivity index (χ3n) is 3.14. The van der Waals surface area contributed by atoms with Crippen LogP contribution in [0, 0.1) is 13.8 Å². The van der Waals surface area contributed by atoms with Gasteiger partial charge in [0, 0.05) is 18.1 Å². The van der Waals surface area contributed by atoms with E-state index in [-0.39, 0.29) is 0 Å². The van der Waals surface area contributed by atoms with E-state index in [1.807, 2.05) is 12.1 Å². The van der Waals surface area contributed by atoms with Gasteiger partial charge in [0.15, 0.2) is 0 Å². The Hall–Kier alpha value is -1.31. The predicted octanol–water partition coefficient (Wildman–Crippen LogP) is 4.25. The fourth-order valence-electron chi connectivity index (χ4n) is 1.87. The Morgan fingerprint density at radius 1 is 0.833 bits per heavy atom. The Balaban J connectivity index is 1.88. The minimum absolute atomic E-state index is 0.785. The van der Waals surface area contributed by atoms with E-state index in [0.717, 1.165) is 18.1 Å². The minimum Gasteiger partial charge on any atom is -0.309 e. The lowest BCUT2D eigenvalue weighted by Gasteiger charge is -2.07. The maximum absolute atomic E-state index is 5.85. The molecular weight excluding hydrogens is 242 g/mol. The van der Waals surface area contributed by atoms with E-state index >= 15 is 0 Å². The van der Waals surface area contributed by atoms with Crippen molar-refractivity contribution in [1.29, 1.82) is 0 Å². The molecule has 0 spiro atoms. The lowest BCUT2D eigenvalue weighted by molar-refractivity contribution is 0.693. The summed E-state index contributed by atoms with van der Waals surface area (Å²) < 4.78 is 0. The molecule has 2 aromatic carbocycles. The molecule has 18 heavy (non-hydrogen) atoms. The van der Waals surface area contributed by atoms with Crippen molar-refractivity contribution in [2.24, 2.45) is 0 Å². The molecule has 0 bridgehead atoms. The monoisotopic (exact) mass is 259 g/mol. The summed E-state index contributed by atoms with van der Waals surface area (Å²) in [5, 5.41) is 4.23. The molecule has 0 aliphatic carbocycles. The van der Waals surface area contributed by atoms with E-state index in [4.69, 9.17) is 11.6 Å². The Labute approximate surface area is 114 Å². The van der Waals surface area contributed by atoms with Crippen LogP contribution in [-0.2, 0) is 13.1 Å². The summed E-state index contributed by atoms with van der Waals surface area (Å²) in [6, 6.07) is 14.5. The number of hydrogen-bond donors (Lipinski definition) is 1. The van der Waals surface area contributed by atoms with Crippen molar-refractivity contribution in [3.05, 3.63) is 69.7 Å². The average Bonchev–Trinajstić information content (AvgIpc) is 2.36. The van der Waals surface area contributed by atoms with Crippen molar-refractivity contribution >= 4 is 11.6 Å². The third-order valence-corrected chi connectivity index (χ3v) is 3.39. The summed E-state index contributed by atoms with van der Waals surface area (Å²) in [6.45, 7) is 6.05. The fourth-order valence-corrected chi connectivity index (χ4v) is 1.99. The molecule has 0 heterocycles. The van der Waals surface area contributed by atoms with Crippen LogP contribution in [-0.4, -0.2) is 0 Å². The van der Waals surface area contributed by atoms with Gasteiger partial charge in [-0.25, -0.2) is 0 Å². The summed E-state index contributed by atoms with van der Waals surface area (Å²) in [5.74, 6) is 0. The van der Waals surface area contributed by atoms with E-state index in [1.165, 1.54) is 22.3 Å². The molecule has 2 rings (SSSR count). The summed E-state index contributed by atoms with van der Waals surface area (Å²) in [7, 11) is 0. The highest BCUT2D eigenvalue weighted by Crippen LogP contribution is 2.11. The summed E-state index contributed by atoms with van der Waals surface area (Å²) in [4.78, 5) is 0. The first-order valence-corrected chi connectivity index (χ1v) is 6.54. The minimum atomic E-state index is 0.785. The molecule has 1 nitrogen and oxygen atoms in total. The molecule has 0 amide bonds. The van der Waals surface area contributed by atoms with Crippen LogP contribution in [0.2, 0.25) is 5.02 Å². The standard InChI is InChI=1S/C16H18ClN/c1-12-3-4-15(9-13(12)2)11-18-10-14-5-7-16(17)8-6-14/h3-9,18H,10-11H2,1-2H3. The molecule has 0 saturated heterocycles. The van der Waals surface area contributed by atoms with E-state index in [9.17, 15) is 0 Å². The molecule has 0 unspecified atom stereocenters. The van der Waals surface area contributed by atoms with Crippen molar-refractivity contribution < 1.29 is 0 Å². The molecule has 1 N–H and O–H groups in total. The number of hydrogen-bond acceptors (Lipinski definition) is 1. The maximum atomic E-state index is 5.85. The summed E-state index contributed by atoms with van der Waals surface area (Å²) in [5.41, 5.74) is 5.27. The molecule has 0 aromatic heterocycles. The van der Waals surface area contributed by atoms with E-state index in [0.29, 0.717) is 0 Å². The molecule has 0 aliphatic heterocycles. The molecule has 0 radical (unpaired) electrons. The van der Waals surface area contributed by atoms with Gasteiger partial charge in [0.1, 0.15) is 0 Å². The van der Waals surface area contributed by atoms with Gasteiger partial charge in [-0.15, -0.1) is 0 Å². The average molecular weight is 260 g/mol. The van der Waals surface area contributed by atoms with Crippen molar-refractivity contribution in [2.75, 3.05) is 0 Å². The van der Waals surface area contributed by atoms with Crippen LogP contribution in [0.25, 0.3) is 0 Å². The zero-order valence-corrected chi connectivity index (χ0v) is 11.6. The quantitative estimate of drug-likeness (QED) is 0.866. The van der Waals surface area contributed by atoms with Gasteiger partial charge >= 0.3 is 0 Å². The van der Waals surface area contributed by atoms with Gasteiger partial charge in [0.2, 0.25) is 0 Å². The van der Waals surface area contributed by atoms with Crippen molar-refractivity contribution in [3.8, 4) is 0 Å². The van der Waals surface area contributed by atoms with E-state index in [2.05, 4.69) is 49.5 Å². The van der Waals surface area contributed by atoms with E-state index < -0.39 is 0 Å². The number of nitrogens with one attached hydrogen (secondary N) is 1. The third kappa shape index (κ3) is 3.59. The van der Waals surface area contributed by atoms with Gasteiger partial charge in [-0.3, -0.25) is 0 Å². The highest BCUT2D eigenvalue weighted by atomic mass is 35.5. The maximum Gasteiger partial charge on any atom is 0.0406 e. The van der Waals surface area contributed by atoms with Gasteiger partial charge in [0.25, 0.3) is 0 Å². The summed E-state index contributed by atoms with van der Waals surface area (Å²) >= 11 is 5.85. The Kier molecular flexibility index (Phi) is 4.40. The zero-order chi connectivity index (χ0) is 13.0. The smallest absolute Gasteiger partial charge is 0.0406 e. The van der Waals surface area contributed by atoms with E-state index in [1.54, 1.807) is 0 Å². The topological polar surface area (TPSA) is 12.0 Å². The van der Waals surface area contributed by atoms with Crippen LogP contribution in [0.1, 0.15) is 22.3 Å². The van der Waals surface area contributed by atoms with Crippen molar-refractivity contribution in [3.63, 3.8) is 0 Å². The molecule has 2 heteroatoms. The number of rotatable bonds is 4. The highest BCUT2D eigenvalue weighted by molar-refractivity contribution is 6.30. The van der Waals surface area contributed by atoms with Crippen LogP contribution in [0.15, 0.2) is 42.5 Å². The summed E-state index contributed by atoms with van der Waals surface area (Å²) in [6.07, 6.45) is 0. The molecule has 0 atom stereocenters. The number of halogens is 1. The van der Waals surface area contributed by atoms with Crippen LogP contribution in [0.3, 0.4) is 0 Å². The van der Waals surface area contributed by atoms with Crippen LogP contribution >= 0.6 is 11.6 Å². The Bertz CT molecular complexity index is 517. The van der Waals surface area contributed by atoms with Gasteiger partial charge in [-0.05, 0) is 48.2 Å². The molecule has 0 aliphatic rings. The lowest BCUT2D eigenvalue weighted by atomic mass is 10.1. The Morgan fingerprint density at radius 2 is 1.44 bits per heavy atom. The predicted molar refractivity (Wildman–Crippen MR) is 77.9 cm³/mol. The first-order valence-electron chi connectivity index (χ1n) is 6.16. The SMILES string of the molecule is Cc1ccc(CNCc2ccc(Cl)cc2)cc1C. The fraction of sp³-hybridized carbons (Fsp3) is 0.250. The second-order valence-corrected chi connectivity index (χ2v) is 5.09. The molecular formula is C16H18ClN. The first kappa shape index (κ1) is 13.1. The molecule has 94 valence electrons. The number of aryl methyl sites for hydroxylation is 2. The van der Waals surface area contributed by atoms with Gasteiger partial charge < -0.3 is 5.32 Å². The largest absolute Gasteiger partial charge is 0.309 e. The second kappa shape index (κ2) is 6.03. The van der Waals surface area contributed by atoms with Crippen LogP contribution in [0.4, 0.5) is 0 Å². The first-order chi connectivity index (χ1) is 8.65. The number of benzene rings is 2. The van der Waals surface area contributed by atoms with Crippen molar-refractivity contribution in [2.45, 2.75) is 26.9 Å². The zero-order valence-electron chi connectivity index (χ0n) is 10.8. The normalized spacial score (nSPS) is 10.6. The van der Waals surface area contributed by atoms with Crippen LogP contribution < -0.4 is 5.32 Å². The second-order valence-electron chi connectivity index (χ2n) is 4.65. The molecule has 0 saturated carbocycles. The molecule has 2 aromatic rings. The highest BCUT2D eigenvalue weighted by Gasteiger charge is 1.97.